The molecule has 1 heteroatoms. The molecule has 1 saturated heterocycles. The molecule has 0 aromatic heterocycles. The van der Waals surface area contributed by atoms with Gasteiger partial charge in [0.25, 0.3) is 0 Å². The van der Waals surface area contributed by atoms with Gasteiger partial charge in [-0.3, -0.25) is 0 Å². The molecule has 2 fully saturated rings. The lowest BCUT2D eigenvalue weighted by atomic mass is 9.81. The Bertz CT molecular complexity index is 149. The van der Waals surface area contributed by atoms with E-state index in [4.69, 9.17) is 0 Å². The molecule has 0 aromatic rings. The van der Waals surface area contributed by atoms with Crippen LogP contribution in [0.4, 0.5) is 0 Å². The van der Waals surface area contributed by atoms with Crippen molar-refractivity contribution in [3.8, 4) is 0 Å². The van der Waals surface area contributed by atoms with Crippen LogP contribution in [0.1, 0.15) is 45.4 Å². The Hall–Kier alpha value is -0.0400. The first-order chi connectivity index (χ1) is 6.36. The summed E-state index contributed by atoms with van der Waals surface area (Å²) in [4.78, 5) is 0. The lowest BCUT2D eigenvalue weighted by Gasteiger charge is -2.31. The van der Waals surface area contributed by atoms with E-state index in [1.165, 1.54) is 51.6 Å². The van der Waals surface area contributed by atoms with E-state index in [1.54, 1.807) is 0 Å². The minimum atomic E-state index is 0.974. The monoisotopic (exact) mass is 181 g/mol. The summed E-state index contributed by atoms with van der Waals surface area (Å²) in [6.07, 6.45) is 8.94. The Balaban J connectivity index is 1.78. The quantitative estimate of drug-likeness (QED) is 0.690. The summed E-state index contributed by atoms with van der Waals surface area (Å²) in [6, 6.07) is 0. The SMILES string of the molecule is CC1CCNCC1CC1CCCC1. The highest BCUT2D eigenvalue weighted by molar-refractivity contribution is 4.79. The summed E-state index contributed by atoms with van der Waals surface area (Å²) in [5.74, 6) is 3.03. The summed E-state index contributed by atoms with van der Waals surface area (Å²) >= 11 is 0. The molecule has 1 nitrogen and oxygen atoms in total. The van der Waals surface area contributed by atoms with Gasteiger partial charge in [-0.1, -0.05) is 32.6 Å². The molecule has 1 saturated carbocycles. The van der Waals surface area contributed by atoms with Gasteiger partial charge in [0.2, 0.25) is 0 Å². The molecule has 0 amide bonds. The standard InChI is InChI=1S/C12H23N/c1-10-6-7-13-9-12(10)8-11-4-2-3-5-11/h10-13H,2-9H2,1H3. The van der Waals surface area contributed by atoms with Gasteiger partial charge in [0.1, 0.15) is 0 Å². The number of nitrogens with one attached hydrogen (secondary N) is 1. The molecule has 2 aliphatic rings. The Labute approximate surface area is 82.3 Å². The smallest absolute Gasteiger partial charge is 0.00179 e. The van der Waals surface area contributed by atoms with Gasteiger partial charge in [-0.2, -0.15) is 0 Å². The first-order valence-corrected chi connectivity index (χ1v) is 6.07. The van der Waals surface area contributed by atoms with Crippen LogP contribution < -0.4 is 5.32 Å². The van der Waals surface area contributed by atoms with Gasteiger partial charge in [0.05, 0.1) is 0 Å². The first kappa shape index (κ1) is 9.51. The van der Waals surface area contributed by atoms with Crippen LogP contribution in [0.3, 0.4) is 0 Å². The highest BCUT2D eigenvalue weighted by Gasteiger charge is 2.25. The molecule has 0 spiro atoms. The van der Waals surface area contributed by atoms with Crippen molar-refractivity contribution in [1.29, 1.82) is 0 Å². The largest absolute Gasteiger partial charge is 0.316 e. The van der Waals surface area contributed by atoms with Crippen LogP contribution in [-0.4, -0.2) is 13.1 Å². The zero-order chi connectivity index (χ0) is 9.10. The van der Waals surface area contributed by atoms with Gasteiger partial charge >= 0.3 is 0 Å². The fourth-order valence-corrected chi connectivity index (χ4v) is 3.04. The summed E-state index contributed by atoms with van der Waals surface area (Å²) in [7, 11) is 0. The molecular weight excluding hydrogens is 158 g/mol. The topological polar surface area (TPSA) is 12.0 Å². The number of hydrogen-bond acceptors (Lipinski definition) is 1. The van der Waals surface area contributed by atoms with Gasteiger partial charge in [-0.15, -0.1) is 0 Å². The zero-order valence-electron chi connectivity index (χ0n) is 8.89. The van der Waals surface area contributed by atoms with E-state index >= 15 is 0 Å². The van der Waals surface area contributed by atoms with Gasteiger partial charge in [-0.25, -0.2) is 0 Å². The molecule has 0 radical (unpaired) electrons. The molecule has 2 unspecified atom stereocenters. The van der Waals surface area contributed by atoms with Gasteiger partial charge in [0, 0.05) is 0 Å². The fraction of sp³-hybridized carbons (Fsp3) is 1.00. The second-order valence-electron chi connectivity index (χ2n) is 5.12. The summed E-state index contributed by atoms with van der Waals surface area (Å²) in [5, 5.41) is 3.54. The zero-order valence-corrected chi connectivity index (χ0v) is 8.89. The van der Waals surface area contributed by atoms with Crippen molar-refractivity contribution in [2.24, 2.45) is 17.8 Å². The maximum absolute atomic E-state index is 3.54. The minimum absolute atomic E-state index is 0.974. The van der Waals surface area contributed by atoms with Crippen LogP contribution in [0.5, 0.6) is 0 Å². The van der Waals surface area contributed by atoms with Crippen LogP contribution >= 0.6 is 0 Å². The van der Waals surface area contributed by atoms with E-state index in [0.29, 0.717) is 0 Å². The maximum Gasteiger partial charge on any atom is -0.00179 e. The second-order valence-corrected chi connectivity index (χ2v) is 5.12. The number of rotatable bonds is 2. The van der Waals surface area contributed by atoms with Crippen molar-refractivity contribution in [3.63, 3.8) is 0 Å². The molecule has 76 valence electrons. The molecule has 1 aliphatic carbocycles. The molecule has 2 atom stereocenters. The first-order valence-electron chi connectivity index (χ1n) is 6.07. The van der Waals surface area contributed by atoms with Crippen molar-refractivity contribution in [3.05, 3.63) is 0 Å². The average molecular weight is 181 g/mol. The van der Waals surface area contributed by atoms with E-state index in [-0.39, 0.29) is 0 Å². The Morgan fingerprint density at radius 1 is 1.15 bits per heavy atom. The third kappa shape index (κ3) is 2.46. The van der Waals surface area contributed by atoms with Crippen molar-refractivity contribution in [1.82, 2.24) is 5.32 Å². The van der Waals surface area contributed by atoms with Crippen molar-refractivity contribution in [2.75, 3.05) is 13.1 Å². The van der Waals surface area contributed by atoms with Crippen molar-refractivity contribution in [2.45, 2.75) is 45.4 Å². The second kappa shape index (κ2) is 4.45. The molecule has 0 aromatic carbocycles. The highest BCUT2D eigenvalue weighted by atomic mass is 14.9. The van der Waals surface area contributed by atoms with Crippen LogP contribution in [-0.2, 0) is 0 Å². The molecule has 1 N–H and O–H groups in total. The normalized spacial score (nSPS) is 36.7. The molecule has 2 rings (SSSR count). The third-order valence-corrected chi connectivity index (χ3v) is 4.10. The fourth-order valence-electron chi connectivity index (χ4n) is 3.04. The van der Waals surface area contributed by atoms with Crippen LogP contribution in [0.2, 0.25) is 0 Å². The van der Waals surface area contributed by atoms with Gasteiger partial charge in [0.15, 0.2) is 0 Å². The van der Waals surface area contributed by atoms with E-state index < -0.39 is 0 Å². The maximum atomic E-state index is 3.54. The molecule has 0 bridgehead atoms. The number of piperidine rings is 1. The Morgan fingerprint density at radius 2 is 1.92 bits per heavy atom. The van der Waals surface area contributed by atoms with Gasteiger partial charge < -0.3 is 5.32 Å². The molecule has 13 heavy (non-hydrogen) atoms. The van der Waals surface area contributed by atoms with E-state index in [9.17, 15) is 0 Å². The van der Waals surface area contributed by atoms with E-state index in [2.05, 4.69) is 12.2 Å². The average Bonchev–Trinajstić information content (AvgIpc) is 2.61. The summed E-state index contributed by atoms with van der Waals surface area (Å²) in [6.45, 7) is 4.99. The third-order valence-electron chi connectivity index (χ3n) is 4.10. The molecule has 1 heterocycles. The highest BCUT2D eigenvalue weighted by Crippen LogP contribution is 2.34. The summed E-state index contributed by atoms with van der Waals surface area (Å²) in [5.41, 5.74) is 0. The minimum Gasteiger partial charge on any atom is -0.316 e. The van der Waals surface area contributed by atoms with Crippen LogP contribution in [0.15, 0.2) is 0 Å². The van der Waals surface area contributed by atoms with Crippen LogP contribution in [0, 0.1) is 17.8 Å². The van der Waals surface area contributed by atoms with Crippen LogP contribution in [0.25, 0.3) is 0 Å². The van der Waals surface area contributed by atoms with Gasteiger partial charge in [-0.05, 0) is 43.7 Å². The van der Waals surface area contributed by atoms with Crippen molar-refractivity contribution < 1.29 is 0 Å². The predicted molar refractivity (Wildman–Crippen MR) is 56.7 cm³/mol. The Morgan fingerprint density at radius 3 is 2.62 bits per heavy atom. The lowest BCUT2D eigenvalue weighted by molar-refractivity contribution is 0.227. The summed E-state index contributed by atoms with van der Waals surface area (Å²) < 4.78 is 0. The lowest BCUT2D eigenvalue weighted by Crippen LogP contribution is -2.36. The Kier molecular flexibility index (Phi) is 3.26. The molecule has 1 aliphatic heterocycles. The van der Waals surface area contributed by atoms with Crippen molar-refractivity contribution >= 4 is 0 Å². The van der Waals surface area contributed by atoms with E-state index in [1.807, 2.05) is 0 Å². The van der Waals surface area contributed by atoms with E-state index in [0.717, 1.165) is 17.8 Å². The molecular formula is C12H23N. The number of hydrogen-bond donors (Lipinski definition) is 1. The predicted octanol–water partition coefficient (Wildman–Crippen LogP) is 2.81.